The molecular formula is C7H14O3. The van der Waals surface area contributed by atoms with Crippen LogP contribution in [0.1, 0.15) is 19.3 Å². The van der Waals surface area contributed by atoms with Gasteiger partial charge in [0.2, 0.25) is 0 Å². The Kier molecular flexibility index (Phi) is 2.65. The minimum Gasteiger partial charge on any atom is -0.396 e. The van der Waals surface area contributed by atoms with E-state index in [-0.39, 0.29) is 12.5 Å². The fourth-order valence-corrected chi connectivity index (χ4v) is 1.44. The van der Waals surface area contributed by atoms with Crippen LogP contribution in [0.25, 0.3) is 0 Å². The summed E-state index contributed by atoms with van der Waals surface area (Å²) in [5, 5.41) is 27.1. The Morgan fingerprint density at radius 1 is 1.20 bits per heavy atom. The van der Waals surface area contributed by atoms with Gasteiger partial charge < -0.3 is 15.3 Å². The molecule has 3 unspecified atom stereocenters. The molecule has 1 saturated carbocycles. The van der Waals surface area contributed by atoms with Crippen LogP contribution in [-0.4, -0.2) is 34.1 Å². The Hall–Kier alpha value is -0.120. The molecule has 10 heavy (non-hydrogen) atoms. The first-order valence-electron chi connectivity index (χ1n) is 3.72. The van der Waals surface area contributed by atoms with E-state index in [0.29, 0.717) is 6.42 Å². The maximum absolute atomic E-state index is 9.23. The molecule has 0 aromatic carbocycles. The van der Waals surface area contributed by atoms with Crippen molar-refractivity contribution in [2.45, 2.75) is 31.5 Å². The predicted octanol–water partition coefficient (Wildman–Crippen LogP) is -0.499. The average Bonchev–Trinajstić information content (AvgIpc) is 1.95. The molecule has 0 amide bonds. The van der Waals surface area contributed by atoms with Crippen molar-refractivity contribution in [1.29, 1.82) is 0 Å². The van der Waals surface area contributed by atoms with Gasteiger partial charge in [0, 0.05) is 12.5 Å². The van der Waals surface area contributed by atoms with Gasteiger partial charge in [-0.15, -0.1) is 0 Å². The molecule has 1 fully saturated rings. The highest BCUT2D eigenvalue weighted by Gasteiger charge is 2.29. The maximum atomic E-state index is 9.23. The lowest BCUT2D eigenvalue weighted by Gasteiger charge is -2.30. The molecule has 1 aliphatic carbocycles. The van der Waals surface area contributed by atoms with Crippen LogP contribution in [0.5, 0.6) is 0 Å². The summed E-state index contributed by atoms with van der Waals surface area (Å²) >= 11 is 0. The predicted molar refractivity (Wildman–Crippen MR) is 36.4 cm³/mol. The Labute approximate surface area is 60.3 Å². The molecule has 1 rings (SSSR count). The van der Waals surface area contributed by atoms with Gasteiger partial charge in [-0.1, -0.05) is 6.42 Å². The van der Waals surface area contributed by atoms with E-state index in [2.05, 4.69) is 0 Å². The molecule has 3 heteroatoms. The van der Waals surface area contributed by atoms with Crippen molar-refractivity contribution in [3.63, 3.8) is 0 Å². The smallest absolute Gasteiger partial charge is 0.0849 e. The number of aliphatic hydroxyl groups is 3. The van der Waals surface area contributed by atoms with E-state index >= 15 is 0 Å². The van der Waals surface area contributed by atoms with Crippen LogP contribution in [-0.2, 0) is 0 Å². The SMILES string of the molecule is OCC1CCCC(O)C1O. The molecule has 60 valence electrons. The standard InChI is InChI=1S/C7H14O3/c8-4-5-2-1-3-6(9)7(5)10/h5-10H,1-4H2. The van der Waals surface area contributed by atoms with E-state index < -0.39 is 12.2 Å². The molecule has 3 atom stereocenters. The van der Waals surface area contributed by atoms with Crippen LogP contribution >= 0.6 is 0 Å². The summed E-state index contributed by atoms with van der Waals surface area (Å²) in [5.41, 5.74) is 0. The zero-order valence-electron chi connectivity index (χ0n) is 5.90. The van der Waals surface area contributed by atoms with E-state index in [1.165, 1.54) is 0 Å². The molecule has 0 aromatic rings. The molecule has 0 spiro atoms. The normalized spacial score (nSPS) is 41.7. The summed E-state index contributed by atoms with van der Waals surface area (Å²) in [7, 11) is 0. The third-order valence-corrected chi connectivity index (χ3v) is 2.19. The van der Waals surface area contributed by atoms with Crippen molar-refractivity contribution in [2.24, 2.45) is 5.92 Å². The Bertz CT molecular complexity index is 105. The lowest BCUT2D eigenvalue weighted by Crippen LogP contribution is -2.38. The van der Waals surface area contributed by atoms with Gasteiger partial charge in [0.25, 0.3) is 0 Å². The van der Waals surface area contributed by atoms with Crippen molar-refractivity contribution >= 4 is 0 Å². The van der Waals surface area contributed by atoms with Crippen molar-refractivity contribution < 1.29 is 15.3 Å². The second kappa shape index (κ2) is 3.32. The number of hydrogen-bond donors (Lipinski definition) is 3. The molecule has 1 aliphatic rings. The van der Waals surface area contributed by atoms with E-state index in [1.54, 1.807) is 0 Å². The quantitative estimate of drug-likeness (QED) is 0.467. The Balaban J connectivity index is 2.42. The second-order valence-electron chi connectivity index (χ2n) is 2.93. The maximum Gasteiger partial charge on any atom is 0.0849 e. The van der Waals surface area contributed by atoms with Crippen molar-refractivity contribution in [2.75, 3.05) is 6.61 Å². The third-order valence-electron chi connectivity index (χ3n) is 2.19. The number of rotatable bonds is 1. The van der Waals surface area contributed by atoms with Crippen LogP contribution in [0.2, 0.25) is 0 Å². The monoisotopic (exact) mass is 146 g/mol. The second-order valence-corrected chi connectivity index (χ2v) is 2.93. The van der Waals surface area contributed by atoms with Gasteiger partial charge in [-0.25, -0.2) is 0 Å². The van der Waals surface area contributed by atoms with Crippen LogP contribution in [0.3, 0.4) is 0 Å². The van der Waals surface area contributed by atoms with Crippen LogP contribution < -0.4 is 0 Å². The highest BCUT2D eigenvalue weighted by molar-refractivity contribution is 4.80. The summed E-state index contributed by atoms with van der Waals surface area (Å²) in [5.74, 6) is -0.108. The van der Waals surface area contributed by atoms with Gasteiger partial charge in [-0.05, 0) is 12.8 Å². The number of hydrogen-bond acceptors (Lipinski definition) is 3. The summed E-state index contributed by atoms with van der Waals surface area (Å²) in [6, 6.07) is 0. The Morgan fingerprint density at radius 3 is 2.40 bits per heavy atom. The minimum atomic E-state index is -0.709. The van der Waals surface area contributed by atoms with Crippen molar-refractivity contribution in [3.8, 4) is 0 Å². The van der Waals surface area contributed by atoms with Gasteiger partial charge in [0.15, 0.2) is 0 Å². The van der Waals surface area contributed by atoms with Crippen LogP contribution in [0, 0.1) is 5.92 Å². The summed E-state index contributed by atoms with van der Waals surface area (Å²) in [4.78, 5) is 0. The highest BCUT2D eigenvalue weighted by Crippen LogP contribution is 2.23. The van der Waals surface area contributed by atoms with Crippen LogP contribution in [0.15, 0.2) is 0 Å². The van der Waals surface area contributed by atoms with E-state index in [9.17, 15) is 5.11 Å². The molecule has 0 aliphatic heterocycles. The van der Waals surface area contributed by atoms with Gasteiger partial charge in [0.1, 0.15) is 0 Å². The van der Waals surface area contributed by atoms with Gasteiger partial charge in [-0.3, -0.25) is 0 Å². The fraction of sp³-hybridized carbons (Fsp3) is 1.00. The van der Waals surface area contributed by atoms with E-state index in [1.807, 2.05) is 0 Å². The molecular weight excluding hydrogens is 132 g/mol. The molecule has 3 nitrogen and oxygen atoms in total. The van der Waals surface area contributed by atoms with Gasteiger partial charge >= 0.3 is 0 Å². The third kappa shape index (κ3) is 1.48. The van der Waals surface area contributed by atoms with Crippen molar-refractivity contribution in [3.05, 3.63) is 0 Å². The zero-order chi connectivity index (χ0) is 7.56. The molecule has 0 saturated heterocycles. The number of aliphatic hydroxyl groups excluding tert-OH is 3. The fourth-order valence-electron chi connectivity index (χ4n) is 1.44. The Morgan fingerprint density at radius 2 is 1.90 bits per heavy atom. The first-order valence-corrected chi connectivity index (χ1v) is 3.72. The first kappa shape index (κ1) is 7.98. The summed E-state index contributed by atoms with van der Waals surface area (Å²) in [6.45, 7) is -0.0156. The van der Waals surface area contributed by atoms with Gasteiger partial charge in [-0.2, -0.15) is 0 Å². The topological polar surface area (TPSA) is 60.7 Å². The van der Waals surface area contributed by atoms with Crippen molar-refractivity contribution in [1.82, 2.24) is 0 Å². The minimum absolute atomic E-state index is 0.0156. The molecule has 0 heterocycles. The van der Waals surface area contributed by atoms with Crippen LogP contribution in [0.4, 0.5) is 0 Å². The summed E-state index contributed by atoms with van der Waals surface area (Å²) < 4.78 is 0. The van der Waals surface area contributed by atoms with Gasteiger partial charge in [0.05, 0.1) is 12.2 Å². The van der Waals surface area contributed by atoms with E-state index in [0.717, 1.165) is 12.8 Å². The summed E-state index contributed by atoms with van der Waals surface area (Å²) in [6.07, 6.45) is 1.07. The molecule has 0 aromatic heterocycles. The largest absolute Gasteiger partial charge is 0.396 e. The van der Waals surface area contributed by atoms with E-state index in [4.69, 9.17) is 10.2 Å². The lowest BCUT2D eigenvalue weighted by atomic mass is 9.85. The molecule has 0 radical (unpaired) electrons. The molecule has 3 N–H and O–H groups in total. The first-order chi connectivity index (χ1) is 4.75. The molecule has 0 bridgehead atoms. The lowest BCUT2D eigenvalue weighted by molar-refractivity contribution is -0.0585. The highest BCUT2D eigenvalue weighted by atomic mass is 16.3. The zero-order valence-corrected chi connectivity index (χ0v) is 5.90. The average molecular weight is 146 g/mol.